The van der Waals surface area contributed by atoms with Crippen molar-refractivity contribution in [1.82, 2.24) is 10.2 Å². The van der Waals surface area contributed by atoms with Crippen LogP contribution < -0.4 is 5.32 Å². The lowest BCUT2D eigenvalue weighted by Gasteiger charge is -2.27. The molecular weight excluding hydrogens is 268 g/mol. The summed E-state index contributed by atoms with van der Waals surface area (Å²) in [4.78, 5) is 24.7. The highest BCUT2D eigenvalue weighted by atomic mass is 16.4. The molecule has 0 bridgehead atoms. The minimum atomic E-state index is -0.928. The number of rotatable bonds is 7. The number of hydrogen-bond donors (Lipinski definition) is 2. The number of hydrogen-bond acceptors (Lipinski definition) is 2. The lowest BCUT2D eigenvalue weighted by Crippen LogP contribution is -2.47. The van der Waals surface area contributed by atoms with Gasteiger partial charge in [0.05, 0.1) is 0 Å². The van der Waals surface area contributed by atoms with E-state index in [0.29, 0.717) is 6.54 Å². The average Bonchev–Trinajstić information content (AvgIpc) is 3.13. The van der Waals surface area contributed by atoms with E-state index in [4.69, 9.17) is 5.11 Å². The molecule has 2 saturated carbocycles. The Morgan fingerprint density at radius 2 is 1.67 bits per heavy atom. The summed E-state index contributed by atoms with van der Waals surface area (Å²) < 4.78 is 0. The summed E-state index contributed by atoms with van der Waals surface area (Å²) >= 11 is 0. The van der Waals surface area contributed by atoms with Crippen molar-refractivity contribution in [3.05, 3.63) is 0 Å². The maximum atomic E-state index is 12.2. The highest BCUT2D eigenvalue weighted by Crippen LogP contribution is 2.28. The van der Waals surface area contributed by atoms with Gasteiger partial charge in [0.25, 0.3) is 0 Å². The summed E-state index contributed by atoms with van der Waals surface area (Å²) in [6.07, 6.45) is 11.6. The Balaban J connectivity index is 1.70. The zero-order chi connectivity index (χ0) is 15.1. The summed E-state index contributed by atoms with van der Waals surface area (Å²) in [5.74, 6) is -0.0881. The fourth-order valence-corrected chi connectivity index (χ4v) is 3.72. The molecule has 0 aliphatic heterocycles. The first kappa shape index (κ1) is 16.1. The Morgan fingerprint density at radius 1 is 1.05 bits per heavy atom. The zero-order valence-corrected chi connectivity index (χ0v) is 12.9. The van der Waals surface area contributed by atoms with Gasteiger partial charge in [-0.1, -0.05) is 38.5 Å². The molecule has 0 spiro atoms. The van der Waals surface area contributed by atoms with Crippen molar-refractivity contribution >= 4 is 12.0 Å². The quantitative estimate of drug-likeness (QED) is 0.710. The van der Waals surface area contributed by atoms with Crippen LogP contribution in [0.3, 0.4) is 0 Å². The highest BCUT2D eigenvalue weighted by Gasteiger charge is 2.28. The number of nitrogens with zero attached hydrogens (tertiary/aromatic N) is 1. The fourth-order valence-electron chi connectivity index (χ4n) is 3.72. The monoisotopic (exact) mass is 296 g/mol. The highest BCUT2D eigenvalue weighted by molar-refractivity contribution is 5.80. The number of urea groups is 1. The molecule has 0 aromatic heterocycles. The Labute approximate surface area is 127 Å². The molecule has 2 amide bonds. The third kappa shape index (κ3) is 5.21. The second kappa shape index (κ2) is 8.25. The number of carbonyl (C=O) groups is 2. The third-order valence-electron chi connectivity index (χ3n) is 4.87. The van der Waals surface area contributed by atoms with E-state index >= 15 is 0 Å². The Hall–Kier alpha value is -1.26. The molecule has 2 aliphatic rings. The molecule has 0 aromatic carbocycles. The molecule has 2 aliphatic carbocycles. The molecule has 5 nitrogen and oxygen atoms in total. The number of amides is 2. The zero-order valence-electron chi connectivity index (χ0n) is 12.9. The lowest BCUT2D eigenvalue weighted by atomic mass is 10.0. The van der Waals surface area contributed by atoms with Crippen molar-refractivity contribution < 1.29 is 14.7 Å². The van der Waals surface area contributed by atoms with E-state index in [1.807, 2.05) is 0 Å². The van der Waals surface area contributed by atoms with Crippen LogP contribution >= 0.6 is 0 Å². The van der Waals surface area contributed by atoms with Gasteiger partial charge in [0, 0.05) is 12.6 Å². The second-order valence-electron chi connectivity index (χ2n) is 6.48. The first-order valence-electron chi connectivity index (χ1n) is 8.43. The molecule has 0 saturated heterocycles. The Bertz CT molecular complexity index is 347. The average molecular weight is 296 g/mol. The molecule has 0 radical (unpaired) electrons. The summed E-state index contributed by atoms with van der Waals surface area (Å²) in [6, 6.07) is -0.0911. The van der Waals surface area contributed by atoms with Crippen LogP contribution in [0, 0.1) is 5.92 Å². The smallest absolute Gasteiger partial charge is 0.323 e. The largest absolute Gasteiger partial charge is 0.480 e. The third-order valence-corrected chi connectivity index (χ3v) is 4.87. The molecule has 120 valence electrons. The second-order valence-corrected chi connectivity index (χ2v) is 6.48. The summed E-state index contributed by atoms with van der Waals surface area (Å²) in [6.45, 7) is 0.483. The summed E-state index contributed by atoms with van der Waals surface area (Å²) in [5, 5.41) is 11.9. The molecule has 0 atom stereocenters. The summed E-state index contributed by atoms with van der Waals surface area (Å²) in [7, 11) is 0. The van der Waals surface area contributed by atoms with Gasteiger partial charge in [-0.2, -0.15) is 0 Å². The van der Waals surface area contributed by atoms with E-state index in [0.717, 1.165) is 38.0 Å². The van der Waals surface area contributed by atoms with Crippen molar-refractivity contribution in [1.29, 1.82) is 0 Å². The molecule has 0 unspecified atom stereocenters. The van der Waals surface area contributed by atoms with Crippen LogP contribution in [0.2, 0.25) is 0 Å². The van der Waals surface area contributed by atoms with Gasteiger partial charge in [0.1, 0.15) is 6.54 Å². The van der Waals surface area contributed by atoms with Crippen molar-refractivity contribution in [3.8, 4) is 0 Å². The van der Waals surface area contributed by atoms with Crippen molar-refractivity contribution in [2.24, 2.45) is 5.92 Å². The van der Waals surface area contributed by atoms with Crippen LogP contribution in [0.1, 0.15) is 64.2 Å². The first-order chi connectivity index (χ1) is 10.2. The number of carboxylic acids is 1. The van der Waals surface area contributed by atoms with Gasteiger partial charge in [-0.3, -0.25) is 4.79 Å². The van der Waals surface area contributed by atoms with Gasteiger partial charge >= 0.3 is 12.0 Å². The van der Waals surface area contributed by atoms with Crippen LogP contribution in [0.15, 0.2) is 0 Å². The van der Waals surface area contributed by atoms with Crippen LogP contribution in [-0.4, -0.2) is 41.1 Å². The first-order valence-corrected chi connectivity index (χ1v) is 8.43. The van der Waals surface area contributed by atoms with Crippen LogP contribution in [-0.2, 0) is 4.79 Å². The van der Waals surface area contributed by atoms with Gasteiger partial charge < -0.3 is 15.3 Å². The lowest BCUT2D eigenvalue weighted by molar-refractivity contribution is -0.138. The van der Waals surface area contributed by atoms with Crippen LogP contribution in [0.25, 0.3) is 0 Å². The van der Waals surface area contributed by atoms with Gasteiger partial charge in [-0.25, -0.2) is 4.79 Å². The topological polar surface area (TPSA) is 69.6 Å². The SMILES string of the molecule is O=C(O)CN(C(=O)NCCCC1CCCC1)C1CCCC1. The van der Waals surface area contributed by atoms with Crippen molar-refractivity contribution in [3.63, 3.8) is 0 Å². The van der Waals surface area contributed by atoms with Gasteiger partial charge in [0.2, 0.25) is 0 Å². The Morgan fingerprint density at radius 3 is 2.29 bits per heavy atom. The minimum Gasteiger partial charge on any atom is -0.480 e. The van der Waals surface area contributed by atoms with E-state index in [-0.39, 0.29) is 18.6 Å². The summed E-state index contributed by atoms with van der Waals surface area (Å²) in [5.41, 5.74) is 0. The molecule has 2 fully saturated rings. The molecule has 5 heteroatoms. The maximum Gasteiger partial charge on any atom is 0.323 e. The predicted molar refractivity (Wildman–Crippen MR) is 81.2 cm³/mol. The Kier molecular flexibility index (Phi) is 6.33. The number of carboxylic acid groups (broad SMARTS) is 1. The standard InChI is InChI=1S/C16H28N2O3/c19-15(20)12-18(14-9-3-4-10-14)16(21)17-11-5-8-13-6-1-2-7-13/h13-14H,1-12H2,(H,17,21)(H,19,20). The molecule has 2 N–H and O–H groups in total. The van der Waals surface area contributed by atoms with E-state index in [1.54, 1.807) is 0 Å². The molecule has 0 heterocycles. The predicted octanol–water partition coefficient (Wildman–Crippen LogP) is 3.00. The van der Waals surface area contributed by atoms with Crippen molar-refractivity contribution in [2.75, 3.05) is 13.1 Å². The van der Waals surface area contributed by atoms with E-state index in [1.165, 1.54) is 37.0 Å². The normalized spacial score (nSPS) is 19.8. The van der Waals surface area contributed by atoms with E-state index in [2.05, 4.69) is 5.32 Å². The van der Waals surface area contributed by atoms with E-state index < -0.39 is 5.97 Å². The molecule has 0 aromatic rings. The molecular formula is C16H28N2O3. The maximum absolute atomic E-state index is 12.2. The van der Waals surface area contributed by atoms with Gasteiger partial charge in [-0.15, -0.1) is 0 Å². The number of nitrogens with one attached hydrogen (secondary N) is 1. The fraction of sp³-hybridized carbons (Fsp3) is 0.875. The van der Waals surface area contributed by atoms with E-state index in [9.17, 15) is 9.59 Å². The van der Waals surface area contributed by atoms with Crippen LogP contribution in [0.5, 0.6) is 0 Å². The minimum absolute atomic E-state index is 0.107. The van der Waals surface area contributed by atoms with Crippen molar-refractivity contribution in [2.45, 2.75) is 70.3 Å². The van der Waals surface area contributed by atoms with Gasteiger partial charge in [-0.05, 0) is 31.6 Å². The van der Waals surface area contributed by atoms with Gasteiger partial charge in [0.15, 0.2) is 0 Å². The number of carbonyl (C=O) groups excluding carboxylic acids is 1. The molecule has 2 rings (SSSR count). The van der Waals surface area contributed by atoms with Crippen LogP contribution in [0.4, 0.5) is 4.79 Å². The number of aliphatic carboxylic acids is 1. The molecule has 21 heavy (non-hydrogen) atoms.